The summed E-state index contributed by atoms with van der Waals surface area (Å²) in [6, 6.07) is 0. The van der Waals surface area contributed by atoms with Crippen LogP contribution in [0, 0.1) is 0 Å². The summed E-state index contributed by atoms with van der Waals surface area (Å²) < 4.78 is 15.8. The zero-order chi connectivity index (χ0) is 10.5. The quantitative estimate of drug-likeness (QED) is 0.597. The Balaban J connectivity index is 2.19. The van der Waals surface area contributed by atoms with Gasteiger partial charge in [-0.15, -0.1) is 0 Å². The lowest BCUT2D eigenvalue weighted by atomic mass is 10.1. The largest absolute Gasteiger partial charge is 0.455 e. The van der Waals surface area contributed by atoms with E-state index in [-0.39, 0.29) is 0 Å². The van der Waals surface area contributed by atoms with Gasteiger partial charge in [-0.25, -0.2) is 4.79 Å². The van der Waals surface area contributed by atoms with Crippen LogP contribution in [-0.4, -0.2) is 41.3 Å². The number of hydrogen-bond donors (Lipinski definition) is 1. The maximum absolute atomic E-state index is 11.3. The van der Waals surface area contributed by atoms with E-state index in [1.165, 1.54) is 0 Å². The number of rotatable bonds is 1. The average Bonchev–Trinajstić information content (AvgIpc) is 2.47. The van der Waals surface area contributed by atoms with Gasteiger partial charge in [0.25, 0.3) is 0 Å². The van der Waals surface area contributed by atoms with Gasteiger partial charge >= 0.3 is 5.97 Å². The third-order valence-corrected chi connectivity index (χ3v) is 2.41. The summed E-state index contributed by atoms with van der Waals surface area (Å²) in [6.07, 6.45) is -2.54. The predicted octanol–water partition coefficient (Wildman–Crippen LogP) is -0.187. The Kier molecular flexibility index (Phi) is 2.06. The molecule has 2 heterocycles. The fraction of sp³-hybridized carbons (Fsp3) is 0.889. The van der Waals surface area contributed by atoms with Gasteiger partial charge in [0.2, 0.25) is 0 Å². The molecular weight excluding hydrogens is 188 g/mol. The zero-order valence-corrected chi connectivity index (χ0v) is 8.39. The van der Waals surface area contributed by atoms with Crippen molar-refractivity contribution < 1.29 is 24.1 Å². The molecule has 4 atom stereocenters. The Morgan fingerprint density at radius 3 is 2.64 bits per heavy atom. The number of aliphatic hydroxyl groups excluding tert-OH is 1. The number of carbonyl (C=O) groups excluding carboxylic acids is 1. The van der Waals surface area contributed by atoms with Crippen molar-refractivity contribution >= 4 is 5.97 Å². The first kappa shape index (κ1) is 9.89. The second-order valence-electron chi connectivity index (χ2n) is 4.16. The highest BCUT2D eigenvalue weighted by Crippen LogP contribution is 2.36. The topological polar surface area (TPSA) is 65.0 Å². The van der Waals surface area contributed by atoms with Gasteiger partial charge < -0.3 is 19.3 Å². The highest BCUT2D eigenvalue weighted by molar-refractivity contribution is 5.78. The van der Waals surface area contributed by atoms with Crippen molar-refractivity contribution in [2.45, 2.75) is 51.0 Å². The van der Waals surface area contributed by atoms with Crippen LogP contribution in [0.15, 0.2) is 0 Å². The number of ether oxygens (including phenoxy) is 3. The van der Waals surface area contributed by atoms with Crippen LogP contribution in [-0.2, 0) is 19.0 Å². The van der Waals surface area contributed by atoms with Crippen molar-refractivity contribution in [3.05, 3.63) is 0 Å². The lowest BCUT2D eigenvalue weighted by Crippen LogP contribution is -2.36. The molecule has 0 aliphatic carbocycles. The fourth-order valence-corrected chi connectivity index (χ4v) is 1.85. The normalized spacial score (nSPS) is 42.0. The fourth-order valence-electron chi connectivity index (χ4n) is 1.85. The first-order chi connectivity index (χ1) is 6.41. The van der Waals surface area contributed by atoms with Crippen molar-refractivity contribution in [3.8, 4) is 0 Å². The van der Waals surface area contributed by atoms with E-state index >= 15 is 0 Å². The van der Waals surface area contributed by atoms with Gasteiger partial charge in [0.15, 0.2) is 18.0 Å². The van der Waals surface area contributed by atoms with E-state index in [1.54, 1.807) is 20.8 Å². The molecule has 5 heteroatoms. The van der Waals surface area contributed by atoms with Crippen LogP contribution in [0.1, 0.15) is 20.8 Å². The van der Waals surface area contributed by atoms with E-state index in [4.69, 9.17) is 14.2 Å². The van der Waals surface area contributed by atoms with Crippen LogP contribution in [0.5, 0.6) is 0 Å². The van der Waals surface area contributed by atoms with E-state index < -0.39 is 36.2 Å². The molecule has 1 N–H and O–H groups in total. The van der Waals surface area contributed by atoms with E-state index in [9.17, 15) is 9.90 Å². The molecule has 2 aliphatic rings. The lowest BCUT2D eigenvalue weighted by Gasteiger charge is -2.22. The van der Waals surface area contributed by atoms with Crippen LogP contribution >= 0.6 is 0 Å². The van der Waals surface area contributed by atoms with Crippen LogP contribution in [0.3, 0.4) is 0 Å². The molecule has 0 aromatic heterocycles. The molecule has 2 fully saturated rings. The molecule has 0 aromatic rings. The Hall–Kier alpha value is -0.650. The van der Waals surface area contributed by atoms with Gasteiger partial charge in [0.1, 0.15) is 6.10 Å². The summed E-state index contributed by atoms with van der Waals surface area (Å²) in [5, 5.41) is 9.37. The number of esters is 1. The Bertz CT molecular complexity index is 260. The molecule has 14 heavy (non-hydrogen) atoms. The van der Waals surface area contributed by atoms with Gasteiger partial charge in [-0.05, 0) is 20.8 Å². The number of cyclic esters (lactones) is 1. The Morgan fingerprint density at radius 1 is 1.43 bits per heavy atom. The molecule has 2 aliphatic heterocycles. The first-order valence-electron chi connectivity index (χ1n) is 4.65. The molecular formula is C9H14O5. The highest BCUT2D eigenvalue weighted by atomic mass is 16.8. The number of aliphatic hydroxyl groups is 1. The summed E-state index contributed by atoms with van der Waals surface area (Å²) in [6.45, 7) is 5.03. The SMILES string of the molecule is C[C@H](O)[C@H]1OC(=O)[C@H]2OC(C)(C)O[C@@H]12. The van der Waals surface area contributed by atoms with Crippen molar-refractivity contribution in [3.63, 3.8) is 0 Å². The minimum absolute atomic E-state index is 0.452. The molecule has 2 saturated heterocycles. The third-order valence-electron chi connectivity index (χ3n) is 2.41. The smallest absolute Gasteiger partial charge is 0.338 e. The van der Waals surface area contributed by atoms with Crippen LogP contribution in [0.25, 0.3) is 0 Å². The predicted molar refractivity (Wildman–Crippen MR) is 45.4 cm³/mol. The molecule has 80 valence electrons. The first-order valence-corrected chi connectivity index (χ1v) is 4.65. The monoisotopic (exact) mass is 202 g/mol. The van der Waals surface area contributed by atoms with E-state index in [0.717, 1.165) is 0 Å². The molecule has 0 radical (unpaired) electrons. The van der Waals surface area contributed by atoms with E-state index in [2.05, 4.69) is 0 Å². The van der Waals surface area contributed by atoms with Crippen molar-refractivity contribution in [2.75, 3.05) is 0 Å². The molecule has 0 bridgehead atoms. The van der Waals surface area contributed by atoms with Gasteiger partial charge in [-0.1, -0.05) is 0 Å². The molecule has 0 spiro atoms. The maximum Gasteiger partial charge on any atom is 0.338 e. The van der Waals surface area contributed by atoms with E-state index in [1.807, 2.05) is 0 Å². The van der Waals surface area contributed by atoms with Crippen LogP contribution < -0.4 is 0 Å². The van der Waals surface area contributed by atoms with E-state index in [0.29, 0.717) is 0 Å². The van der Waals surface area contributed by atoms with Crippen molar-refractivity contribution in [1.29, 1.82) is 0 Å². The summed E-state index contributed by atoms with van der Waals surface area (Å²) >= 11 is 0. The summed E-state index contributed by atoms with van der Waals surface area (Å²) in [4.78, 5) is 11.3. The second kappa shape index (κ2) is 2.92. The molecule has 5 nitrogen and oxygen atoms in total. The zero-order valence-electron chi connectivity index (χ0n) is 8.39. The molecule has 0 aromatic carbocycles. The number of hydrogen-bond acceptors (Lipinski definition) is 5. The summed E-state index contributed by atoms with van der Waals surface area (Å²) in [5.74, 6) is -1.23. The minimum Gasteiger partial charge on any atom is -0.455 e. The second-order valence-corrected chi connectivity index (χ2v) is 4.16. The molecule has 0 amide bonds. The van der Waals surface area contributed by atoms with Crippen LogP contribution in [0.2, 0.25) is 0 Å². The average molecular weight is 202 g/mol. The van der Waals surface area contributed by atoms with Crippen molar-refractivity contribution in [1.82, 2.24) is 0 Å². The molecule has 2 rings (SSSR count). The number of carbonyl (C=O) groups is 1. The van der Waals surface area contributed by atoms with Gasteiger partial charge in [0, 0.05) is 0 Å². The van der Waals surface area contributed by atoms with Gasteiger partial charge in [0.05, 0.1) is 6.10 Å². The minimum atomic E-state index is -0.776. The molecule has 0 saturated carbocycles. The molecule has 0 unspecified atom stereocenters. The maximum atomic E-state index is 11.3. The summed E-state index contributed by atoms with van der Waals surface area (Å²) in [7, 11) is 0. The van der Waals surface area contributed by atoms with Crippen molar-refractivity contribution in [2.24, 2.45) is 0 Å². The van der Waals surface area contributed by atoms with Crippen LogP contribution in [0.4, 0.5) is 0 Å². The third kappa shape index (κ3) is 1.41. The standard InChI is InChI=1S/C9H14O5/c1-4(10)5-6-7(8(11)12-5)14-9(2,3)13-6/h4-7,10H,1-3H3/t4-,5+,6-,7-/m0/s1. The summed E-state index contributed by atoms with van der Waals surface area (Å²) in [5.41, 5.74) is 0. The Morgan fingerprint density at radius 2 is 2.07 bits per heavy atom. The number of fused-ring (bicyclic) bond motifs is 1. The lowest BCUT2D eigenvalue weighted by molar-refractivity contribution is -0.192. The van der Waals surface area contributed by atoms with Gasteiger partial charge in [-0.2, -0.15) is 0 Å². The highest BCUT2D eigenvalue weighted by Gasteiger charge is 2.57. The van der Waals surface area contributed by atoms with Gasteiger partial charge in [-0.3, -0.25) is 0 Å². The Labute approximate surface area is 81.9 Å².